The highest BCUT2D eigenvalue weighted by Crippen LogP contribution is 2.53. The second kappa shape index (κ2) is 18.7. The number of aliphatic carboxylic acids is 1. The SMILES string of the molecule is CC(C)(CC(=O)O)CC(=O)N(CCCCc1cc(Cl)c(COC2(c3cnccc3-c3ccccc3OC3CC3)CC2)cc1Cl)C[C@H](O)[C@@H](O)[C@H](O)[C@H](O)CO. The summed E-state index contributed by atoms with van der Waals surface area (Å²) in [6.07, 6.45) is 1.80. The van der Waals surface area contributed by atoms with Crippen LogP contribution in [0, 0.1) is 5.41 Å². The fourth-order valence-corrected chi connectivity index (χ4v) is 7.25. The van der Waals surface area contributed by atoms with Crippen molar-refractivity contribution in [3.8, 4) is 16.9 Å². The lowest BCUT2D eigenvalue weighted by Gasteiger charge is -2.32. The lowest BCUT2D eigenvalue weighted by atomic mass is 9.85. The summed E-state index contributed by atoms with van der Waals surface area (Å²) >= 11 is 13.5. The quantitative estimate of drug-likeness (QED) is 0.0725. The van der Waals surface area contributed by atoms with E-state index in [0.717, 1.165) is 59.3 Å². The summed E-state index contributed by atoms with van der Waals surface area (Å²) in [5, 5.41) is 60.3. The third kappa shape index (κ3) is 11.6. The zero-order chi connectivity index (χ0) is 39.9. The molecule has 0 bridgehead atoms. The standard InChI is InChI=1S/C41H52Cl2N2O10/c1-40(2,20-37(50)51)19-36(49)45(22-33(47)38(52)39(53)34(48)23-46)16-6-5-7-25-17-32(43)26(18-31(25)42)24-54-41(13-14-41)30-21-44-15-12-28(30)29-8-3-4-9-35(29)55-27-10-11-27/h3-4,8-9,12,15,17-18,21,27,33-34,38-39,46-48,52-53H,5-7,10-11,13-14,16,19-20,22-24H2,1-2H3,(H,50,51)/t33-,34+,38+,39+/m0/s1. The molecule has 0 unspecified atom stereocenters. The number of carbonyl (C=O) groups excluding carboxylic acids is 1. The lowest BCUT2D eigenvalue weighted by molar-refractivity contribution is -0.143. The van der Waals surface area contributed by atoms with Crippen molar-refractivity contribution in [3.05, 3.63) is 81.6 Å². The maximum absolute atomic E-state index is 13.4. The van der Waals surface area contributed by atoms with Gasteiger partial charge in [-0.1, -0.05) is 55.2 Å². The van der Waals surface area contributed by atoms with Crippen LogP contribution in [0.3, 0.4) is 0 Å². The van der Waals surface area contributed by atoms with Crippen LogP contribution in [-0.2, 0) is 33.0 Å². The molecule has 2 saturated carbocycles. The Morgan fingerprint density at radius 1 is 0.945 bits per heavy atom. The molecular formula is C41H52Cl2N2O10. The largest absolute Gasteiger partial charge is 0.490 e. The molecule has 4 atom stereocenters. The Morgan fingerprint density at radius 2 is 1.62 bits per heavy atom. The number of aromatic nitrogens is 1. The van der Waals surface area contributed by atoms with Gasteiger partial charge < -0.3 is 45.0 Å². The number of hydrogen-bond donors (Lipinski definition) is 6. The summed E-state index contributed by atoms with van der Waals surface area (Å²) in [5.74, 6) is -0.647. The Bertz CT molecular complexity index is 1780. The van der Waals surface area contributed by atoms with Crippen LogP contribution in [0.4, 0.5) is 0 Å². The van der Waals surface area contributed by atoms with E-state index in [0.29, 0.717) is 29.3 Å². The van der Waals surface area contributed by atoms with Gasteiger partial charge in [0.1, 0.15) is 30.2 Å². The average molecular weight is 804 g/mol. The first-order valence-electron chi connectivity index (χ1n) is 18.8. The number of unbranched alkanes of at least 4 members (excludes halogenated alkanes) is 1. The van der Waals surface area contributed by atoms with Gasteiger partial charge in [0.15, 0.2) is 0 Å². The van der Waals surface area contributed by atoms with Crippen molar-refractivity contribution >= 4 is 35.1 Å². The van der Waals surface area contributed by atoms with Crippen LogP contribution in [0.1, 0.15) is 81.9 Å². The highest BCUT2D eigenvalue weighted by atomic mass is 35.5. The van der Waals surface area contributed by atoms with Gasteiger partial charge in [-0.2, -0.15) is 0 Å². The minimum Gasteiger partial charge on any atom is -0.490 e. The van der Waals surface area contributed by atoms with Crippen LogP contribution < -0.4 is 4.74 Å². The number of rotatable bonds is 22. The summed E-state index contributed by atoms with van der Waals surface area (Å²) in [7, 11) is 0. The van der Waals surface area contributed by atoms with E-state index in [9.17, 15) is 35.1 Å². The number of carbonyl (C=O) groups is 2. The summed E-state index contributed by atoms with van der Waals surface area (Å²) in [5.41, 5.74) is 3.17. The van der Waals surface area contributed by atoms with Crippen LogP contribution in [0.15, 0.2) is 54.9 Å². The fourth-order valence-electron chi connectivity index (χ4n) is 6.73. The van der Waals surface area contributed by atoms with Crippen molar-refractivity contribution in [1.29, 1.82) is 0 Å². The molecule has 2 fully saturated rings. The van der Waals surface area contributed by atoms with Crippen LogP contribution in [0.2, 0.25) is 10.0 Å². The van der Waals surface area contributed by atoms with Gasteiger partial charge in [0.25, 0.3) is 0 Å². The van der Waals surface area contributed by atoms with Crippen molar-refractivity contribution in [2.24, 2.45) is 5.41 Å². The van der Waals surface area contributed by atoms with E-state index in [4.69, 9.17) is 37.8 Å². The average Bonchev–Trinajstić information content (AvgIpc) is 4.09. The molecule has 2 aromatic carbocycles. The first kappa shape index (κ1) is 42.8. The number of halogens is 2. The number of benzene rings is 2. The highest BCUT2D eigenvalue weighted by Gasteiger charge is 2.48. The molecule has 12 nitrogen and oxygen atoms in total. The number of carboxylic acid groups (broad SMARTS) is 1. The Balaban J connectivity index is 1.21. The zero-order valence-corrected chi connectivity index (χ0v) is 32.8. The van der Waals surface area contributed by atoms with Crippen molar-refractivity contribution in [3.63, 3.8) is 0 Å². The molecule has 2 aliphatic carbocycles. The first-order chi connectivity index (χ1) is 26.1. The third-order valence-electron chi connectivity index (χ3n) is 10.2. The van der Waals surface area contributed by atoms with Crippen LogP contribution in [0.25, 0.3) is 11.1 Å². The van der Waals surface area contributed by atoms with Gasteiger partial charge in [-0.05, 0) is 91.3 Å². The van der Waals surface area contributed by atoms with Gasteiger partial charge in [0.2, 0.25) is 5.91 Å². The molecule has 5 rings (SSSR count). The van der Waals surface area contributed by atoms with Crippen molar-refractivity contribution < 1.29 is 49.7 Å². The maximum atomic E-state index is 13.4. The number of aliphatic hydroxyl groups excluding tert-OH is 5. The summed E-state index contributed by atoms with van der Waals surface area (Å²) in [4.78, 5) is 30.5. The van der Waals surface area contributed by atoms with Gasteiger partial charge in [0.05, 0.1) is 31.3 Å². The van der Waals surface area contributed by atoms with Gasteiger partial charge in [0, 0.05) is 53.1 Å². The number of carboxylic acids is 1. The van der Waals surface area contributed by atoms with Crippen LogP contribution >= 0.6 is 23.2 Å². The zero-order valence-electron chi connectivity index (χ0n) is 31.2. The van der Waals surface area contributed by atoms with Crippen molar-refractivity contribution in [1.82, 2.24) is 9.88 Å². The smallest absolute Gasteiger partial charge is 0.303 e. The molecule has 1 aromatic heterocycles. The van der Waals surface area contributed by atoms with E-state index < -0.39 is 53.9 Å². The molecule has 300 valence electrons. The molecule has 0 spiro atoms. The second-order valence-corrected chi connectivity index (χ2v) is 16.4. The van der Waals surface area contributed by atoms with E-state index in [1.54, 1.807) is 20.0 Å². The van der Waals surface area contributed by atoms with E-state index in [2.05, 4.69) is 11.1 Å². The minimum atomic E-state index is -1.85. The summed E-state index contributed by atoms with van der Waals surface area (Å²) in [6.45, 7) is 2.46. The van der Waals surface area contributed by atoms with Gasteiger partial charge in [-0.3, -0.25) is 14.6 Å². The summed E-state index contributed by atoms with van der Waals surface area (Å²) < 4.78 is 12.8. The molecule has 0 radical (unpaired) electrons. The molecule has 1 heterocycles. The fraction of sp³-hybridized carbons (Fsp3) is 0.537. The van der Waals surface area contributed by atoms with Crippen LogP contribution in [-0.4, -0.2) is 103 Å². The molecule has 1 amide bonds. The van der Waals surface area contributed by atoms with E-state index in [-0.39, 0.29) is 38.6 Å². The predicted molar refractivity (Wildman–Crippen MR) is 207 cm³/mol. The van der Waals surface area contributed by atoms with Gasteiger partial charge in [-0.15, -0.1) is 0 Å². The maximum Gasteiger partial charge on any atom is 0.303 e. The number of pyridine rings is 1. The molecule has 2 aliphatic rings. The summed E-state index contributed by atoms with van der Waals surface area (Å²) in [6, 6.07) is 13.7. The number of hydrogen-bond acceptors (Lipinski definition) is 10. The Kier molecular flexibility index (Phi) is 14.6. The number of aryl methyl sites for hydroxylation is 1. The monoisotopic (exact) mass is 802 g/mol. The molecule has 55 heavy (non-hydrogen) atoms. The molecule has 3 aromatic rings. The Hall–Kier alpha value is -3.33. The van der Waals surface area contributed by atoms with E-state index in [1.807, 2.05) is 42.6 Å². The third-order valence-corrected chi connectivity index (χ3v) is 10.9. The number of nitrogens with zero attached hydrogens (tertiary/aromatic N) is 2. The van der Waals surface area contributed by atoms with E-state index >= 15 is 0 Å². The molecule has 14 heteroatoms. The number of amides is 1. The molecular weight excluding hydrogens is 751 g/mol. The first-order valence-corrected chi connectivity index (χ1v) is 19.5. The Labute approximate surface area is 331 Å². The minimum absolute atomic E-state index is 0.138. The number of para-hydroxylation sites is 1. The lowest BCUT2D eigenvalue weighted by Crippen LogP contribution is -2.51. The van der Waals surface area contributed by atoms with Gasteiger partial charge >= 0.3 is 5.97 Å². The number of ether oxygens (including phenoxy) is 2. The van der Waals surface area contributed by atoms with Crippen molar-refractivity contribution in [2.75, 3.05) is 19.7 Å². The normalized spacial score (nSPS) is 17.3. The highest BCUT2D eigenvalue weighted by molar-refractivity contribution is 6.34. The molecule has 6 N–H and O–H groups in total. The Morgan fingerprint density at radius 3 is 2.29 bits per heavy atom. The predicted octanol–water partition coefficient (Wildman–Crippen LogP) is 5.28. The van der Waals surface area contributed by atoms with Crippen LogP contribution in [0.5, 0.6) is 5.75 Å². The second-order valence-electron chi connectivity index (χ2n) is 15.6. The van der Waals surface area contributed by atoms with E-state index in [1.165, 1.54) is 4.90 Å². The van der Waals surface area contributed by atoms with Gasteiger partial charge in [-0.25, -0.2) is 0 Å². The van der Waals surface area contributed by atoms with Crippen molar-refractivity contribution in [2.45, 2.75) is 114 Å². The molecule has 0 saturated heterocycles. The topological polar surface area (TPSA) is 190 Å². The number of aliphatic hydroxyl groups is 5. The molecule has 0 aliphatic heterocycles.